The Labute approximate surface area is 104 Å². The highest BCUT2D eigenvalue weighted by Gasteiger charge is 2.39. The minimum atomic E-state index is -0.861. The third-order valence-corrected chi connectivity index (χ3v) is 3.41. The summed E-state index contributed by atoms with van der Waals surface area (Å²) in [5.74, 6) is -0.878. The van der Waals surface area contributed by atoms with Gasteiger partial charge in [0.25, 0.3) is 5.91 Å². The molecule has 1 aliphatic rings. The second-order valence-corrected chi connectivity index (χ2v) is 4.44. The van der Waals surface area contributed by atoms with Crippen LogP contribution in [0.5, 0.6) is 0 Å². The van der Waals surface area contributed by atoms with Crippen molar-refractivity contribution in [1.29, 1.82) is 0 Å². The lowest BCUT2D eigenvalue weighted by Crippen LogP contribution is -2.37. The molecule has 2 atom stereocenters. The average molecular weight is 252 g/mol. The van der Waals surface area contributed by atoms with E-state index in [1.165, 1.54) is 4.90 Å². The minimum absolute atomic E-state index is 0.216. The minimum Gasteiger partial charge on any atom is -0.481 e. The number of carboxylic acid groups (broad SMARTS) is 1. The lowest BCUT2D eigenvalue weighted by atomic mass is 10.0. The Hall–Kier alpha value is -1.82. The first-order valence-electron chi connectivity index (χ1n) is 5.87. The fraction of sp³-hybridized carbons (Fsp3) is 0.500. The third kappa shape index (κ3) is 2.11. The van der Waals surface area contributed by atoms with Crippen molar-refractivity contribution in [1.82, 2.24) is 4.90 Å². The van der Waals surface area contributed by atoms with E-state index in [1.54, 1.807) is 19.1 Å². The summed E-state index contributed by atoms with van der Waals surface area (Å²) in [5, 5.41) is 9.02. The summed E-state index contributed by atoms with van der Waals surface area (Å²) in [7, 11) is 0. The first-order valence-corrected chi connectivity index (χ1v) is 5.87. The van der Waals surface area contributed by atoms with Gasteiger partial charge in [0.2, 0.25) is 0 Å². The molecule has 1 fully saturated rings. The molecule has 0 bridgehead atoms. The van der Waals surface area contributed by atoms with Crippen LogP contribution in [0.3, 0.4) is 0 Å². The summed E-state index contributed by atoms with van der Waals surface area (Å²) in [6.45, 7) is 2.42. The first-order chi connectivity index (χ1) is 8.54. The molecule has 3 N–H and O–H groups in total. The zero-order chi connectivity index (χ0) is 13.3. The quantitative estimate of drug-likeness (QED) is 0.824. The van der Waals surface area contributed by atoms with Crippen molar-refractivity contribution in [3.8, 4) is 0 Å². The van der Waals surface area contributed by atoms with Crippen molar-refractivity contribution in [3.05, 3.63) is 23.7 Å². The molecule has 2 heterocycles. The van der Waals surface area contributed by atoms with E-state index in [-0.39, 0.29) is 24.3 Å². The highest BCUT2D eigenvalue weighted by atomic mass is 16.4. The molecule has 98 valence electrons. The van der Waals surface area contributed by atoms with Crippen molar-refractivity contribution in [2.45, 2.75) is 25.9 Å². The topological polar surface area (TPSA) is 96.8 Å². The molecule has 1 amide bonds. The number of nitrogens with two attached hydrogens (primary N) is 1. The van der Waals surface area contributed by atoms with Crippen molar-refractivity contribution in [3.63, 3.8) is 0 Å². The summed E-state index contributed by atoms with van der Waals surface area (Å²) in [6.07, 6.45) is 0.479. The molecule has 18 heavy (non-hydrogen) atoms. The van der Waals surface area contributed by atoms with Gasteiger partial charge in [-0.2, -0.15) is 0 Å². The standard InChI is InChI=1S/C12H16N2O4/c1-7-9(12(16)17)4-5-14(7)11(15)10-3-2-8(6-13)18-10/h2-3,7,9H,4-6,13H2,1H3,(H,16,17). The van der Waals surface area contributed by atoms with Gasteiger partial charge in [-0.05, 0) is 25.5 Å². The number of carboxylic acids is 1. The van der Waals surface area contributed by atoms with Crippen LogP contribution in [0.2, 0.25) is 0 Å². The maximum atomic E-state index is 12.2. The van der Waals surface area contributed by atoms with Gasteiger partial charge in [0, 0.05) is 12.6 Å². The second kappa shape index (κ2) is 4.81. The van der Waals surface area contributed by atoms with Crippen molar-refractivity contribution in [2.24, 2.45) is 11.7 Å². The number of hydrogen-bond donors (Lipinski definition) is 2. The second-order valence-electron chi connectivity index (χ2n) is 4.44. The molecule has 6 nitrogen and oxygen atoms in total. The van der Waals surface area contributed by atoms with E-state index in [2.05, 4.69) is 0 Å². The van der Waals surface area contributed by atoms with E-state index in [1.807, 2.05) is 0 Å². The normalized spacial score (nSPS) is 23.3. The summed E-state index contributed by atoms with van der Waals surface area (Å²) in [6, 6.07) is 2.91. The van der Waals surface area contributed by atoms with Gasteiger partial charge in [-0.25, -0.2) is 0 Å². The SMILES string of the molecule is CC1C(C(=O)O)CCN1C(=O)c1ccc(CN)o1. The summed E-state index contributed by atoms with van der Waals surface area (Å²) >= 11 is 0. The van der Waals surface area contributed by atoms with E-state index in [0.29, 0.717) is 18.7 Å². The number of aliphatic carboxylic acids is 1. The maximum Gasteiger partial charge on any atom is 0.308 e. The van der Waals surface area contributed by atoms with E-state index >= 15 is 0 Å². The van der Waals surface area contributed by atoms with E-state index < -0.39 is 11.9 Å². The molecule has 2 rings (SSSR count). The Balaban J connectivity index is 2.13. The Morgan fingerprint density at radius 1 is 1.56 bits per heavy atom. The molecule has 1 aromatic rings. The average Bonchev–Trinajstić information content (AvgIpc) is 2.94. The number of likely N-dealkylation sites (tertiary alicyclic amines) is 1. The molecule has 1 aliphatic heterocycles. The van der Waals surface area contributed by atoms with Crippen molar-refractivity contribution < 1.29 is 19.1 Å². The number of carbonyl (C=O) groups is 2. The third-order valence-electron chi connectivity index (χ3n) is 3.41. The molecule has 0 saturated carbocycles. The fourth-order valence-corrected chi connectivity index (χ4v) is 2.30. The van der Waals surface area contributed by atoms with E-state index in [9.17, 15) is 9.59 Å². The van der Waals surface area contributed by atoms with Crippen LogP contribution in [-0.4, -0.2) is 34.5 Å². The van der Waals surface area contributed by atoms with Gasteiger partial charge in [0.1, 0.15) is 5.76 Å². The van der Waals surface area contributed by atoms with Gasteiger partial charge < -0.3 is 20.2 Å². The first kappa shape index (κ1) is 12.6. The predicted octanol–water partition coefficient (Wildman–Crippen LogP) is 0.674. The van der Waals surface area contributed by atoms with Crippen molar-refractivity contribution in [2.75, 3.05) is 6.54 Å². The summed E-state index contributed by atoms with van der Waals surface area (Å²) in [4.78, 5) is 24.7. The van der Waals surface area contributed by atoms with Crippen LogP contribution >= 0.6 is 0 Å². The van der Waals surface area contributed by atoms with Crippen LogP contribution < -0.4 is 5.73 Å². The monoisotopic (exact) mass is 252 g/mol. The molecule has 6 heteroatoms. The molecular formula is C12H16N2O4. The molecule has 0 spiro atoms. The number of nitrogens with zero attached hydrogens (tertiary/aromatic N) is 1. The van der Waals surface area contributed by atoms with Crippen LogP contribution in [0.25, 0.3) is 0 Å². The number of furan rings is 1. The van der Waals surface area contributed by atoms with Crippen molar-refractivity contribution >= 4 is 11.9 Å². The van der Waals surface area contributed by atoms with Crippen LogP contribution in [-0.2, 0) is 11.3 Å². The number of carbonyl (C=O) groups excluding carboxylic acids is 1. The van der Waals surface area contributed by atoms with Gasteiger partial charge in [-0.1, -0.05) is 0 Å². The van der Waals surface area contributed by atoms with Gasteiger partial charge in [-0.3, -0.25) is 9.59 Å². The summed E-state index contributed by atoms with van der Waals surface area (Å²) in [5.41, 5.74) is 5.41. The van der Waals surface area contributed by atoms with Gasteiger partial charge in [0.05, 0.1) is 12.5 Å². The largest absolute Gasteiger partial charge is 0.481 e. The van der Waals surface area contributed by atoms with E-state index in [4.69, 9.17) is 15.3 Å². The molecule has 0 aromatic carbocycles. The fourth-order valence-electron chi connectivity index (χ4n) is 2.30. The molecule has 2 unspecified atom stereocenters. The van der Waals surface area contributed by atoms with Crippen LogP contribution in [0.4, 0.5) is 0 Å². The van der Waals surface area contributed by atoms with Crippen LogP contribution in [0.1, 0.15) is 29.7 Å². The highest BCUT2D eigenvalue weighted by molar-refractivity contribution is 5.92. The van der Waals surface area contributed by atoms with Gasteiger partial charge in [0.15, 0.2) is 5.76 Å². The lowest BCUT2D eigenvalue weighted by molar-refractivity contribution is -0.142. The summed E-state index contributed by atoms with van der Waals surface area (Å²) < 4.78 is 5.29. The number of amides is 1. The lowest BCUT2D eigenvalue weighted by Gasteiger charge is -2.22. The highest BCUT2D eigenvalue weighted by Crippen LogP contribution is 2.26. The zero-order valence-electron chi connectivity index (χ0n) is 10.1. The molecule has 1 aromatic heterocycles. The molecular weight excluding hydrogens is 236 g/mol. The smallest absolute Gasteiger partial charge is 0.308 e. The van der Waals surface area contributed by atoms with E-state index in [0.717, 1.165) is 0 Å². The number of hydrogen-bond acceptors (Lipinski definition) is 4. The van der Waals surface area contributed by atoms with Gasteiger partial charge in [-0.15, -0.1) is 0 Å². The molecule has 0 radical (unpaired) electrons. The van der Waals surface area contributed by atoms with Crippen LogP contribution in [0, 0.1) is 5.92 Å². The maximum absolute atomic E-state index is 12.2. The molecule has 1 saturated heterocycles. The zero-order valence-corrected chi connectivity index (χ0v) is 10.1. The Bertz CT molecular complexity index is 468. The number of rotatable bonds is 3. The predicted molar refractivity (Wildman–Crippen MR) is 62.8 cm³/mol. The van der Waals surface area contributed by atoms with Gasteiger partial charge >= 0.3 is 5.97 Å². The Morgan fingerprint density at radius 2 is 2.28 bits per heavy atom. The van der Waals surface area contributed by atoms with Crippen LogP contribution in [0.15, 0.2) is 16.5 Å². The Morgan fingerprint density at radius 3 is 2.78 bits per heavy atom. The molecule has 0 aliphatic carbocycles. The Kier molecular flexibility index (Phi) is 3.38.